The number of thiazole rings is 1. The Morgan fingerprint density at radius 3 is 2.35 bits per heavy atom. The largest absolute Gasteiger partial charge is 0.429 e. The number of hydrogen-bond donors (Lipinski definition) is 2. The van der Waals surface area contributed by atoms with Crippen molar-refractivity contribution in [3.63, 3.8) is 0 Å². The minimum absolute atomic E-state index is 0.0660. The number of benzene rings is 3. The Labute approximate surface area is 206 Å². The first kappa shape index (κ1) is 24.4. The predicted molar refractivity (Wildman–Crippen MR) is 128 cm³/mol. The highest BCUT2D eigenvalue weighted by Gasteiger charge is 2.32. The zero-order chi connectivity index (χ0) is 24.7. The van der Waals surface area contributed by atoms with Crippen LogP contribution in [0, 0.1) is 0 Å². The molecule has 4 aromatic rings. The number of aromatic nitrogens is 1. The molecule has 6 nitrogen and oxygen atoms in total. The number of nitrogens with zero attached hydrogens (tertiary/aromatic N) is 1. The number of alkyl halides is 3. The molecular formula is C21H14Cl2F3N3O3S2. The van der Waals surface area contributed by atoms with Crippen LogP contribution in [0.3, 0.4) is 0 Å². The Morgan fingerprint density at radius 2 is 1.71 bits per heavy atom. The summed E-state index contributed by atoms with van der Waals surface area (Å²) in [5.41, 5.74) is 0.674. The third-order valence-corrected chi connectivity index (χ3v) is 7.64. The van der Waals surface area contributed by atoms with Crippen molar-refractivity contribution in [1.82, 2.24) is 4.98 Å². The Bertz CT molecular complexity index is 1490. The van der Waals surface area contributed by atoms with Gasteiger partial charge in [0, 0.05) is 12.7 Å². The molecule has 0 saturated heterocycles. The summed E-state index contributed by atoms with van der Waals surface area (Å²) < 4.78 is 72.7. The number of anilines is 2. The quantitative estimate of drug-likeness (QED) is 0.265. The summed E-state index contributed by atoms with van der Waals surface area (Å²) in [6, 6.07) is 11.8. The minimum Gasteiger partial charge on any atom is -0.429 e. The monoisotopic (exact) mass is 547 g/mol. The zero-order valence-corrected chi connectivity index (χ0v) is 20.2. The fourth-order valence-electron chi connectivity index (χ4n) is 2.95. The van der Waals surface area contributed by atoms with Gasteiger partial charge < -0.3 is 10.1 Å². The summed E-state index contributed by atoms with van der Waals surface area (Å²) in [6.45, 7) is 0. The van der Waals surface area contributed by atoms with E-state index in [1.54, 1.807) is 7.05 Å². The average Bonchev–Trinajstić information content (AvgIpc) is 3.16. The number of ether oxygens (including phenoxy) is 1. The molecule has 0 spiro atoms. The van der Waals surface area contributed by atoms with Gasteiger partial charge in [-0.3, -0.25) is 4.72 Å². The molecule has 0 aliphatic rings. The molecule has 1 aromatic heterocycles. The first-order chi connectivity index (χ1) is 16.0. The number of sulfonamides is 1. The minimum atomic E-state index is -4.65. The standard InChI is InChI=1S/C21H14Cl2F3N3O3S2/c1-27-12-3-5-16-18(10-12)33-20(28-16)32-17-6-4-13(9-14(17)22)29-34(30,31)19-7-2-11(8-15(19)23)21(24,25)26/h2-10,27,29H,1H3. The molecule has 2 N–H and O–H groups in total. The van der Waals surface area contributed by atoms with Crippen molar-refractivity contribution in [3.8, 4) is 10.9 Å². The molecule has 0 aliphatic heterocycles. The molecule has 0 bridgehead atoms. The van der Waals surface area contributed by atoms with Crippen molar-refractivity contribution in [2.24, 2.45) is 0 Å². The highest BCUT2D eigenvalue weighted by atomic mass is 35.5. The molecular weight excluding hydrogens is 534 g/mol. The van der Waals surface area contributed by atoms with Gasteiger partial charge in [-0.1, -0.05) is 34.5 Å². The maximum absolute atomic E-state index is 12.8. The molecule has 0 radical (unpaired) electrons. The number of nitrogens with one attached hydrogen (secondary N) is 2. The van der Waals surface area contributed by atoms with Gasteiger partial charge >= 0.3 is 6.18 Å². The van der Waals surface area contributed by atoms with E-state index in [0.29, 0.717) is 17.3 Å². The van der Waals surface area contributed by atoms with E-state index in [9.17, 15) is 21.6 Å². The van der Waals surface area contributed by atoms with E-state index >= 15 is 0 Å². The molecule has 0 amide bonds. The van der Waals surface area contributed by atoms with Crippen LogP contribution in [0.15, 0.2) is 59.5 Å². The molecule has 0 unspecified atom stereocenters. The molecule has 34 heavy (non-hydrogen) atoms. The third kappa shape index (κ3) is 5.17. The maximum Gasteiger partial charge on any atom is 0.416 e. The first-order valence-corrected chi connectivity index (χ1v) is 12.5. The molecule has 1 heterocycles. The second kappa shape index (κ2) is 9.14. The number of hydrogen-bond acceptors (Lipinski definition) is 6. The third-order valence-electron chi connectivity index (χ3n) is 4.59. The molecule has 4 rings (SSSR count). The average molecular weight is 548 g/mol. The molecule has 13 heteroatoms. The SMILES string of the molecule is CNc1ccc2nc(Oc3ccc(NS(=O)(=O)c4ccc(C(F)(F)F)cc4Cl)cc3Cl)sc2c1. The molecule has 0 fully saturated rings. The summed E-state index contributed by atoms with van der Waals surface area (Å²) in [5.74, 6) is 0.241. The van der Waals surface area contributed by atoms with Crippen molar-refractivity contribution in [1.29, 1.82) is 0 Å². The van der Waals surface area contributed by atoms with Crippen molar-refractivity contribution < 1.29 is 26.3 Å². The summed E-state index contributed by atoms with van der Waals surface area (Å²) in [5, 5.41) is 2.91. The van der Waals surface area contributed by atoms with Gasteiger partial charge in [-0.05, 0) is 54.6 Å². The lowest BCUT2D eigenvalue weighted by molar-refractivity contribution is -0.137. The summed E-state index contributed by atoms with van der Waals surface area (Å²) in [4.78, 5) is 3.88. The number of halogens is 5. The van der Waals surface area contributed by atoms with E-state index in [2.05, 4.69) is 15.0 Å². The lowest BCUT2D eigenvalue weighted by Gasteiger charge is -2.13. The smallest absolute Gasteiger partial charge is 0.416 e. The van der Waals surface area contributed by atoms with E-state index in [1.807, 2.05) is 18.2 Å². The number of rotatable bonds is 6. The van der Waals surface area contributed by atoms with Crippen molar-refractivity contribution in [3.05, 3.63) is 70.2 Å². The second-order valence-corrected chi connectivity index (χ2v) is 10.4. The number of fused-ring (bicyclic) bond motifs is 1. The van der Waals surface area contributed by atoms with Crippen LogP contribution in [-0.4, -0.2) is 20.4 Å². The van der Waals surface area contributed by atoms with Crippen LogP contribution < -0.4 is 14.8 Å². The molecule has 0 atom stereocenters. The Kier molecular flexibility index (Phi) is 6.56. The highest BCUT2D eigenvalue weighted by molar-refractivity contribution is 7.92. The van der Waals surface area contributed by atoms with E-state index in [4.69, 9.17) is 27.9 Å². The molecule has 178 valence electrons. The van der Waals surface area contributed by atoms with Crippen LogP contribution in [-0.2, 0) is 16.2 Å². The second-order valence-electron chi connectivity index (χ2n) is 6.91. The van der Waals surface area contributed by atoms with Gasteiger partial charge in [0.25, 0.3) is 15.2 Å². The van der Waals surface area contributed by atoms with Gasteiger partial charge in [-0.2, -0.15) is 13.2 Å². The molecule has 0 saturated carbocycles. The van der Waals surface area contributed by atoms with E-state index in [-0.39, 0.29) is 16.5 Å². The topological polar surface area (TPSA) is 80.3 Å². The van der Waals surface area contributed by atoms with Crippen LogP contribution in [0.1, 0.15) is 5.56 Å². The van der Waals surface area contributed by atoms with Gasteiger partial charge in [0.2, 0.25) is 0 Å². The fourth-order valence-corrected chi connectivity index (χ4v) is 5.63. The van der Waals surface area contributed by atoms with Crippen molar-refractivity contribution >= 4 is 66.2 Å². The summed E-state index contributed by atoms with van der Waals surface area (Å²) in [6.07, 6.45) is -4.65. The summed E-state index contributed by atoms with van der Waals surface area (Å²) >= 11 is 13.4. The van der Waals surface area contributed by atoms with Crippen LogP contribution >= 0.6 is 34.5 Å². The van der Waals surface area contributed by atoms with Crippen LogP contribution in [0.4, 0.5) is 24.5 Å². The van der Waals surface area contributed by atoms with Crippen LogP contribution in [0.25, 0.3) is 10.2 Å². The van der Waals surface area contributed by atoms with Crippen LogP contribution in [0.2, 0.25) is 10.0 Å². The van der Waals surface area contributed by atoms with Crippen molar-refractivity contribution in [2.75, 3.05) is 17.1 Å². The van der Waals surface area contributed by atoms with Crippen LogP contribution in [0.5, 0.6) is 10.9 Å². The first-order valence-electron chi connectivity index (χ1n) is 9.41. The molecule has 0 aliphatic carbocycles. The Morgan fingerprint density at radius 1 is 0.971 bits per heavy atom. The fraction of sp³-hybridized carbons (Fsp3) is 0.0952. The van der Waals surface area contributed by atoms with Gasteiger partial charge in [0.15, 0.2) is 0 Å². The van der Waals surface area contributed by atoms with E-state index in [0.717, 1.165) is 22.0 Å². The summed E-state index contributed by atoms with van der Waals surface area (Å²) in [7, 11) is -2.48. The lowest BCUT2D eigenvalue weighted by atomic mass is 10.2. The Balaban J connectivity index is 1.54. The normalized spacial score (nSPS) is 12.1. The maximum atomic E-state index is 12.8. The highest BCUT2D eigenvalue weighted by Crippen LogP contribution is 2.37. The van der Waals surface area contributed by atoms with E-state index in [1.165, 1.54) is 29.5 Å². The van der Waals surface area contributed by atoms with Crippen molar-refractivity contribution in [2.45, 2.75) is 11.1 Å². The lowest BCUT2D eigenvalue weighted by Crippen LogP contribution is -2.14. The Hall–Kier alpha value is -2.73. The zero-order valence-electron chi connectivity index (χ0n) is 17.1. The van der Waals surface area contributed by atoms with Gasteiger partial charge in [0.1, 0.15) is 10.6 Å². The van der Waals surface area contributed by atoms with Gasteiger partial charge in [-0.25, -0.2) is 13.4 Å². The van der Waals surface area contributed by atoms with Gasteiger partial charge in [0.05, 0.1) is 31.5 Å². The van der Waals surface area contributed by atoms with E-state index < -0.39 is 31.7 Å². The predicted octanol–water partition coefficient (Wildman–Crippen LogP) is 7.26. The van der Waals surface area contributed by atoms with Gasteiger partial charge in [-0.15, -0.1) is 0 Å². The molecule has 3 aromatic carbocycles.